The number of aryl methyl sites for hydroxylation is 1. The van der Waals surface area contributed by atoms with E-state index in [9.17, 15) is 12.8 Å². The maximum absolute atomic E-state index is 13.7. The average molecular weight is 320 g/mol. The summed E-state index contributed by atoms with van der Waals surface area (Å²) in [5.41, 5.74) is 5.93. The summed E-state index contributed by atoms with van der Waals surface area (Å²) < 4.78 is 40.4. The Morgan fingerprint density at radius 1 is 1.35 bits per heavy atom. The maximum Gasteiger partial charge on any atom is 0.240 e. The first-order valence-corrected chi connectivity index (χ1v) is 9.27. The van der Waals surface area contributed by atoms with Crippen molar-refractivity contribution < 1.29 is 12.8 Å². The Balaban J connectivity index is 2.80. The molecule has 0 fully saturated rings. The van der Waals surface area contributed by atoms with Crippen LogP contribution in [0.5, 0.6) is 0 Å². The highest BCUT2D eigenvalue weighted by Gasteiger charge is 2.17. The van der Waals surface area contributed by atoms with E-state index in [1.165, 1.54) is 19.1 Å². The second kappa shape index (κ2) is 7.97. The molecule has 1 aromatic rings. The van der Waals surface area contributed by atoms with Gasteiger partial charge in [0.2, 0.25) is 10.0 Å². The van der Waals surface area contributed by atoms with Gasteiger partial charge >= 0.3 is 0 Å². The molecule has 0 aromatic heterocycles. The second-order valence-electron chi connectivity index (χ2n) is 4.52. The topological polar surface area (TPSA) is 72.2 Å². The summed E-state index contributed by atoms with van der Waals surface area (Å²) in [6.07, 6.45) is 3.75. The molecule has 7 heteroatoms. The van der Waals surface area contributed by atoms with Crippen LogP contribution in [0.1, 0.15) is 24.0 Å². The van der Waals surface area contributed by atoms with Crippen LogP contribution in [-0.2, 0) is 16.6 Å². The average Bonchev–Trinajstić information content (AvgIpc) is 2.41. The highest BCUT2D eigenvalue weighted by atomic mass is 32.2. The van der Waals surface area contributed by atoms with Crippen LogP contribution in [0.25, 0.3) is 0 Å². The van der Waals surface area contributed by atoms with Gasteiger partial charge in [-0.05, 0) is 49.5 Å². The lowest BCUT2D eigenvalue weighted by Crippen LogP contribution is -2.25. The molecule has 0 aliphatic carbocycles. The minimum absolute atomic E-state index is 0.0241. The summed E-state index contributed by atoms with van der Waals surface area (Å²) in [5.74, 6) is 0.570. The van der Waals surface area contributed by atoms with Crippen molar-refractivity contribution in [3.8, 4) is 0 Å². The van der Waals surface area contributed by atoms with E-state index in [4.69, 9.17) is 5.73 Å². The van der Waals surface area contributed by atoms with Gasteiger partial charge in [-0.3, -0.25) is 0 Å². The van der Waals surface area contributed by atoms with Gasteiger partial charge in [0.25, 0.3) is 0 Å². The summed E-state index contributed by atoms with van der Waals surface area (Å²) in [6, 6.07) is 2.63. The molecule has 4 nitrogen and oxygen atoms in total. The Bertz CT molecular complexity index is 548. The van der Waals surface area contributed by atoms with Gasteiger partial charge in [-0.1, -0.05) is 0 Å². The molecule has 0 spiro atoms. The van der Waals surface area contributed by atoms with Crippen LogP contribution in [-0.4, -0.2) is 27.0 Å². The number of nitrogens with one attached hydrogen (secondary N) is 1. The van der Waals surface area contributed by atoms with E-state index in [1.54, 1.807) is 11.8 Å². The van der Waals surface area contributed by atoms with E-state index in [0.29, 0.717) is 6.54 Å². The molecule has 0 bridgehead atoms. The van der Waals surface area contributed by atoms with Gasteiger partial charge in [-0.2, -0.15) is 11.8 Å². The highest BCUT2D eigenvalue weighted by molar-refractivity contribution is 7.98. The van der Waals surface area contributed by atoms with Crippen LogP contribution >= 0.6 is 11.8 Å². The number of sulfonamides is 1. The lowest BCUT2D eigenvalue weighted by molar-refractivity contribution is 0.575. The van der Waals surface area contributed by atoms with Crippen LogP contribution in [0.15, 0.2) is 17.0 Å². The number of unbranched alkanes of at least 4 members (excludes halogenated alkanes) is 1. The Kier molecular flexibility index (Phi) is 6.94. The molecule has 0 unspecified atom stereocenters. The molecule has 1 rings (SSSR count). The van der Waals surface area contributed by atoms with Crippen molar-refractivity contribution in [2.24, 2.45) is 5.73 Å². The SMILES string of the molecule is CSCCCCNS(=O)(=O)c1cc(C)c(F)c(CN)c1. The monoisotopic (exact) mass is 320 g/mol. The molecule has 0 heterocycles. The third-order valence-electron chi connectivity index (χ3n) is 2.90. The predicted octanol–water partition coefficient (Wildman–Crippen LogP) is 2.01. The number of benzene rings is 1. The van der Waals surface area contributed by atoms with Crippen LogP contribution in [0, 0.1) is 12.7 Å². The van der Waals surface area contributed by atoms with Crippen molar-refractivity contribution in [2.75, 3.05) is 18.6 Å². The van der Waals surface area contributed by atoms with E-state index < -0.39 is 15.8 Å². The first-order chi connectivity index (χ1) is 9.42. The van der Waals surface area contributed by atoms with Gasteiger partial charge in [-0.15, -0.1) is 0 Å². The van der Waals surface area contributed by atoms with Gasteiger partial charge in [0.15, 0.2) is 0 Å². The number of nitrogens with two attached hydrogens (primary N) is 1. The molecule has 0 amide bonds. The number of rotatable bonds is 8. The summed E-state index contributed by atoms with van der Waals surface area (Å²) in [6.45, 7) is 1.90. The molecular weight excluding hydrogens is 299 g/mol. The molecule has 1 aromatic carbocycles. The normalized spacial score (nSPS) is 11.8. The standard InChI is InChI=1S/C13H21FN2O2S2/c1-10-7-12(8-11(9-15)13(10)14)20(17,18)16-5-3-4-6-19-2/h7-8,16H,3-6,9,15H2,1-2H3. The number of hydrogen-bond acceptors (Lipinski definition) is 4. The number of hydrogen-bond donors (Lipinski definition) is 2. The minimum Gasteiger partial charge on any atom is -0.326 e. The van der Waals surface area contributed by atoms with Crippen LogP contribution in [0.4, 0.5) is 4.39 Å². The predicted molar refractivity (Wildman–Crippen MR) is 81.8 cm³/mol. The van der Waals surface area contributed by atoms with Crippen molar-refractivity contribution in [3.05, 3.63) is 29.1 Å². The van der Waals surface area contributed by atoms with E-state index >= 15 is 0 Å². The van der Waals surface area contributed by atoms with Crippen molar-refractivity contribution in [1.29, 1.82) is 0 Å². The van der Waals surface area contributed by atoms with Gasteiger partial charge in [-0.25, -0.2) is 17.5 Å². The fourth-order valence-corrected chi connectivity index (χ4v) is 3.47. The summed E-state index contributed by atoms with van der Waals surface area (Å²) in [7, 11) is -3.60. The highest BCUT2D eigenvalue weighted by Crippen LogP contribution is 2.19. The number of halogens is 1. The quantitative estimate of drug-likeness (QED) is 0.719. The summed E-state index contributed by atoms with van der Waals surface area (Å²) in [4.78, 5) is 0.0710. The second-order valence-corrected chi connectivity index (χ2v) is 7.27. The third-order valence-corrected chi connectivity index (χ3v) is 5.04. The lowest BCUT2D eigenvalue weighted by atomic mass is 10.1. The zero-order valence-corrected chi connectivity index (χ0v) is 13.4. The molecule has 0 aliphatic heterocycles. The smallest absolute Gasteiger partial charge is 0.240 e. The van der Waals surface area contributed by atoms with Gasteiger partial charge in [0.1, 0.15) is 5.82 Å². The van der Waals surface area contributed by atoms with Crippen molar-refractivity contribution >= 4 is 21.8 Å². The van der Waals surface area contributed by atoms with Crippen molar-refractivity contribution in [3.63, 3.8) is 0 Å². The molecule has 0 aliphatic rings. The van der Waals surface area contributed by atoms with E-state index in [1.807, 2.05) is 6.26 Å². The molecule has 20 heavy (non-hydrogen) atoms. The minimum atomic E-state index is -3.60. The van der Waals surface area contributed by atoms with E-state index in [-0.39, 0.29) is 22.6 Å². The van der Waals surface area contributed by atoms with Gasteiger partial charge in [0, 0.05) is 18.7 Å². The molecule has 0 saturated heterocycles. The Morgan fingerprint density at radius 2 is 2.05 bits per heavy atom. The molecule has 3 N–H and O–H groups in total. The zero-order chi connectivity index (χ0) is 15.2. The first-order valence-electron chi connectivity index (χ1n) is 6.40. The molecule has 114 valence electrons. The fourth-order valence-electron chi connectivity index (χ4n) is 1.77. The Labute approximate surface area is 124 Å². The summed E-state index contributed by atoms with van der Waals surface area (Å²) >= 11 is 1.73. The third kappa shape index (κ3) is 4.73. The Hall–Kier alpha value is -0.630. The molecular formula is C13H21FN2O2S2. The van der Waals surface area contributed by atoms with Crippen molar-refractivity contribution in [2.45, 2.75) is 31.2 Å². The van der Waals surface area contributed by atoms with Gasteiger partial charge in [0.05, 0.1) is 4.90 Å². The van der Waals surface area contributed by atoms with Crippen LogP contribution < -0.4 is 10.5 Å². The fraction of sp³-hybridized carbons (Fsp3) is 0.538. The molecule has 0 radical (unpaired) electrons. The van der Waals surface area contributed by atoms with Crippen LogP contribution in [0.2, 0.25) is 0 Å². The maximum atomic E-state index is 13.7. The lowest BCUT2D eigenvalue weighted by Gasteiger charge is -2.10. The van der Waals surface area contributed by atoms with E-state index in [0.717, 1.165) is 18.6 Å². The van der Waals surface area contributed by atoms with E-state index in [2.05, 4.69) is 4.72 Å². The summed E-state index contributed by atoms with van der Waals surface area (Å²) in [5, 5.41) is 0. The largest absolute Gasteiger partial charge is 0.326 e. The van der Waals surface area contributed by atoms with Crippen LogP contribution in [0.3, 0.4) is 0 Å². The number of thioether (sulfide) groups is 1. The zero-order valence-electron chi connectivity index (χ0n) is 11.8. The van der Waals surface area contributed by atoms with Crippen molar-refractivity contribution in [1.82, 2.24) is 4.72 Å². The molecule has 0 saturated carbocycles. The molecule has 0 atom stereocenters. The first kappa shape index (κ1) is 17.4. The van der Waals surface area contributed by atoms with Gasteiger partial charge < -0.3 is 5.73 Å². The Morgan fingerprint density at radius 3 is 2.65 bits per heavy atom.